The molecule has 0 saturated carbocycles. The van der Waals surface area contributed by atoms with Gasteiger partial charge in [0, 0.05) is 25.6 Å². The number of nitrogens with zero attached hydrogens (tertiary/aromatic N) is 4. The summed E-state index contributed by atoms with van der Waals surface area (Å²) in [5.74, 6) is 1.67. The van der Waals surface area contributed by atoms with Gasteiger partial charge in [-0.25, -0.2) is 9.97 Å². The quantitative estimate of drug-likeness (QED) is 0.493. The summed E-state index contributed by atoms with van der Waals surface area (Å²) in [7, 11) is 0. The van der Waals surface area contributed by atoms with Crippen molar-refractivity contribution >= 4 is 33.7 Å². The predicted molar refractivity (Wildman–Crippen MR) is 106 cm³/mol. The Bertz CT molecular complexity index is 1150. The third-order valence-electron chi connectivity index (χ3n) is 4.68. The molecule has 3 heterocycles. The molecule has 0 radical (unpaired) electrons. The topological polar surface area (TPSA) is 61.4 Å². The van der Waals surface area contributed by atoms with Crippen LogP contribution in [0.3, 0.4) is 0 Å². The van der Waals surface area contributed by atoms with E-state index in [2.05, 4.69) is 29.7 Å². The van der Waals surface area contributed by atoms with Gasteiger partial charge >= 0.3 is 5.97 Å². The minimum Gasteiger partial charge on any atom is -0.424 e. The van der Waals surface area contributed by atoms with Gasteiger partial charge in [-0.2, -0.15) is 0 Å². The number of rotatable bonds is 5. The molecule has 0 bridgehead atoms. The molecular formula is C21H24N4O2. The largest absolute Gasteiger partial charge is 0.424 e. The molecule has 6 nitrogen and oxygen atoms in total. The Hall–Kier alpha value is -2.89. The van der Waals surface area contributed by atoms with Crippen LogP contribution < -0.4 is 4.74 Å². The highest BCUT2D eigenvalue weighted by molar-refractivity contribution is 6.00. The van der Waals surface area contributed by atoms with Gasteiger partial charge in [-0.1, -0.05) is 39.8 Å². The molecule has 1 aromatic carbocycles. The fourth-order valence-electron chi connectivity index (χ4n) is 3.52. The number of carbonyl (C=O) groups excluding carboxylic acids is 1. The number of benzene rings is 1. The molecule has 0 atom stereocenters. The zero-order valence-electron chi connectivity index (χ0n) is 16.2. The Morgan fingerprint density at radius 1 is 1.15 bits per heavy atom. The van der Waals surface area contributed by atoms with Gasteiger partial charge in [0.1, 0.15) is 16.9 Å². The highest BCUT2D eigenvalue weighted by Gasteiger charge is 2.21. The van der Waals surface area contributed by atoms with Crippen molar-refractivity contribution in [3.63, 3.8) is 0 Å². The Balaban J connectivity index is 2.12. The van der Waals surface area contributed by atoms with Crippen molar-refractivity contribution in [3.8, 4) is 5.75 Å². The van der Waals surface area contributed by atoms with Crippen molar-refractivity contribution in [2.45, 2.75) is 47.1 Å². The second-order valence-electron chi connectivity index (χ2n) is 7.21. The van der Waals surface area contributed by atoms with Gasteiger partial charge in [-0.3, -0.25) is 9.20 Å². The lowest BCUT2D eigenvalue weighted by Gasteiger charge is -2.09. The number of imidazole rings is 1. The standard InChI is InChI=1S/C21H24N4O2/c1-5-17-23-20-19(21-22-14-9-7-8-10-15(14)25(17)21)16(27-18(26)6-2)12-24(20)11-13(3)4/h7-10,12-13H,5-6,11H2,1-4H3. The number of para-hydroxylation sites is 2. The summed E-state index contributed by atoms with van der Waals surface area (Å²) in [5.41, 5.74) is 3.54. The number of carbonyl (C=O) groups is 1. The van der Waals surface area contributed by atoms with Crippen LogP contribution in [0.1, 0.15) is 39.9 Å². The zero-order valence-corrected chi connectivity index (χ0v) is 16.2. The molecule has 0 fully saturated rings. The molecule has 3 aromatic heterocycles. The van der Waals surface area contributed by atoms with E-state index in [1.807, 2.05) is 30.5 Å². The van der Waals surface area contributed by atoms with Crippen molar-refractivity contribution < 1.29 is 9.53 Å². The molecule has 0 spiro atoms. The molecule has 0 aliphatic carbocycles. The van der Waals surface area contributed by atoms with Gasteiger partial charge in [0.05, 0.1) is 11.0 Å². The number of ether oxygens (including phenoxy) is 1. The van der Waals surface area contributed by atoms with Crippen LogP contribution in [-0.2, 0) is 17.8 Å². The average Bonchev–Trinajstić information content (AvgIpc) is 3.19. The first-order valence-corrected chi connectivity index (χ1v) is 9.53. The lowest BCUT2D eigenvalue weighted by molar-refractivity contribution is -0.133. The monoisotopic (exact) mass is 364 g/mol. The summed E-state index contributed by atoms with van der Waals surface area (Å²) in [4.78, 5) is 21.8. The van der Waals surface area contributed by atoms with E-state index in [1.165, 1.54) is 0 Å². The zero-order chi connectivity index (χ0) is 19.1. The molecule has 6 heteroatoms. The third-order valence-corrected chi connectivity index (χ3v) is 4.68. The summed E-state index contributed by atoms with van der Waals surface area (Å²) in [6.07, 6.45) is 3.00. The summed E-state index contributed by atoms with van der Waals surface area (Å²) in [6.45, 7) is 9.00. The highest BCUT2D eigenvalue weighted by atomic mass is 16.5. The smallest absolute Gasteiger partial charge is 0.310 e. The van der Waals surface area contributed by atoms with Gasteiger partial charge in [0.25, 0.3) is 0 Å². The van der Waals surface area contributed by atoms with Crippen LogP contribution in [0.25, 0.3) is 27.7 Å². The van der Waals surface area contributed by atoms with Crippen molar-refractivity contribution in [3.05, 3.63) is 36.3 Å². The number of aryl methyl sites for hydroxylation is 1. The maximum absolute atomic E-state index is 12.0. The number of aromatic nitrogens is 4. The second kappa shape index (κ2) is 6.68. The maximum Gasteiger partial charge on any atom is 0.310 e. The number of hydrogen-bond donors (Lipinski definition) is 0. The van der Waals surface area contributed by atoms with Gasteiger partial charge in [-0.15, -0.1) is 0 Å². The third kappa shape index (κ3) is 2.85. The van der Waals surface area contributed by atoms with Crippen LogP contribution in [0.15, 0.2) is 30.5 Å². The summed E-state index contributed by atoms with van der Waals surface area (Å²) < 4.78 is 9.83. The number of fused-ring (bicyclic) bond motifs is 5. The van der Waals surface area contributed by atoms with Gasteiger partial charge in [0.15, 0.2) is 11.4 Å². The van der Waals surface area contributed by atoms with E-state index >= 15 is 0 Å². The lowest BCUT2D eigenvalue weighted by atomic mass is 10.2. The molecule has 140 valence electrons. The van der Waals surface area contributed by atoms with E-state index in [9.17, 15) is 4.79 Å². The number of esters is 1. The summed E-state index contributed by atoms with van der Waals surface area (Å²) in [6, 6.07) is 8.02. The molecule has 27 heavy (non-hydrogen) atoms. The number of hydrogen-bond acceptors (Lipinski definition) is 4. The summed E-state index contributed by atoms with van der Waals surface area (Å²) in [5, 5.41) is 0.797. The molecular weight excluding hydrogens is 340 g/mol. The van der Waals surface area contributed by atoms with Crippen LogP contribution in [0, 0.1) is 5.92 Å². The normalized spacial score (nSPS) is 11.9. The SMILES string of the molecule is CCC(=O)Oc1cn(CC(C)C)c2nc(CC)n3c4ccccc4nc3c12. The maximum atomic E-state index is 12.0. The van der Waals surface area contributed by atoms with Crippen LogP contribution in [0.2, 0.25) is 0 Å². The van der Waals surface area contributed by atoms with Crippen LogP contribution in [-0.4, -0.2) is 24.9 Å². The van der Waals surface area contributed by atoms with Crippen molar-refractivity contribution in [1.82, 2.24) is 18.9 Å². The Labute approximate surface area is 157 Å². The Kier molecular flexibility index (Phi) is 4.34. The average molecular weight is 364 g/mol. The molecule has 0 N–H and O–H groups in total. The fourth-order valence-corrected chi connectivity index (χ4v) is 3.52. The van der Waals surface area contributed by atoms with Gasteiger partial charge < -0.3 is 9.30 Å². The Morgan fingerprint density at radius 3 is 2.63 bits per heavy atom. The molecule has 0 unspecified atom stereocenters. The van der Waals surface area contributed by atoms with Crippen molar-refractivity contribution in [1.29, 1.82) is 0 Å². The fraction of sp³-hybridized carbons (Fsp3) is 0.381. The molecule has 0 aliphatic rings. The van der Waals surface area contributed by atoms with E-state index < -0.39 is 0 Å². The van der Waals surface area contributed by atoms with E-state index in [0.717, 1.165) is 46.5 Å². The van der Waals surface area contributed by atoms with Crippen molar-refractivity contribution in [2.24, 2.45) is 5.92 Å². The molecule has 0 amide bonds. The molecule has 4 rings (SSSR count). The second-order valence-corrected chi connectivity index (χ2v) is 7.21. The van der Waals surface area contributed by atoms with Gasteiger partial charge in [0.2, 0.25) is 0 Å². The predicted octanol–water partition coefficient (Wildman–Crippen LogP) is 4.37. The summed E-state index contributed by atoms with van der Waals surface area (Å²) >= 11 is 0. The van der Waals surface area contributed by atoms with E-state index in [0.29, 0.717) is 18.1 Å². The Morgan fingerprint density at radius 2 is 1.93 bits per heavy atom. The van der Waals surface area contributed by atoms with Crippen LogP contribution in [0.5, 0.6) is 5.75 Å². The van der Waals surface area contributed by atoms with Crippen LogP contribution in [0.4, 0.5) is 0 Å². The minimum absolute atomic E-state index is 0.257. The minimum atomic E-state index is -0.257. The van der Waals surface area contributed by atoms with E-state index in [-0.39, 0.29) is 5.97 Å². The van der Waals surface area contributed by atoms with E-state index in [4.69, 9.17) is 14.7 Å². The van der Waals surface area contributed by atoms with E-state index in [1.54, 1.807) is 6.92 Å². The molecule has 0 saturated heterocycles. The van der Waals surface area contributed by atoms with Crippen molar-refractivity contribution in [2.75, 3.05) is 0 Å². The first-order valence-electron chi connectivity index (χ1n) is 9.53. The first kappa shape index (κ1) is 17.5. The van der Waals surface area contributed by atoms with Gasteiger partial charge in [-0.05, 0) is 18.1 Å². The molecule has 0 aliphatic heterocycles. The first-order chi connectivity index (χ1) is 13.0. The van der Waals surface area contributed by atoms with Crippen LogP contribution >= 0.6 is 0 Å². The molecule has 4 aromatic rings. The lowest BCUT2D eigenvalue weighted by Crippen LogP contribution is -2.06. The highest BCUT2D eigenvalue weighted by Crippen LogP contribution is 2.34.